The summed E-state index contributed by atoms with van der Waals surface area (Å²) in [6, 6.07) is 3.90. The van der Waals surface area contributed by atoms with Crippen molar-refractivity contribution in [2.45, 2.75) is 45.6 Å². The molecule has 2 fully saturated rings. The summed E-state index contributed by atoms with van der Waals surface area (Å²) >= 11 is 0. The number of rotatable bonds is 5. The second-order valence-electron chi connectivity index (χ2n) is 6.99. The maximum atomic E-state index is 12.7. The third kappa shape index (κ3) is 3.24. The molecular formula is C16H26N2O3S. The summed E-state index contributed by atoms with van der Waals surface area (Å²) in [6.07, 6.45) is 3.22. The molecule has 0 spiro atoms. The average molecular weight is 326 g/mol. The van der Waals surface area contributed by atoms with E-state index < -0.39 is 10.2 Å². The smallest absolute Gasteiger partial charge is 0.282 e. The summed E-state index contributed by atoms with van der Waals surface area (Å²) in [5, 5.41) is 0. The van der Waals surface area contributed by atoms with Crippen LogP contribution in [-0.4, -0.2) is 37.2 Å². The summed E-state index contributed by atoms with van der Waals surface area (Å²) in [7, 11) is -1.76. The van der Waals surface area contributed by atoms with E-state index in [2.05, 4.69) is 13.8 Å². The summed E-state index contributed by atoms with van der Waals surface area (Å²) in [5.74, 6) is 3.38. The fourth-order valence-corrected chi connectivity index (χ4v) is 4.74. The molecule has 0 radical (unpaired) electrons. The van der Waals surface area contributed by atoms with Crippen molar-refractivity contribution in [1.82, 2.24) is 8.61 Å². The fourth-order valence-electron chi connectivity index (χ4n) is 3.25. The predicted octanol–water partition coefficient (Wildman–Crippen LogP) is 2.81. The third-order valence-corrected chi connectivity index (χ3v) is 6.78. The predicted molar refractivity (Wildman–Crippen MR) is 85.6 cm³/mol. The molecule has 1 aromatic heterocycles. The Bertz CT molecular complexity index is 625. The van der Waals surface area contributed by atoms with Gasteiger partial charge in [-0.2, -0.15) is 17.0 Å². The van der Waals surface area contributed by atoms with Gasteiger partial charge in [-0.15, -0.1) is 0 Å². The Morgan fingerprint density at radius 2 is 2.09 bits per heavy atom. The molecule has 1 saturated heterocycles. The van der Waals surface area contributed by atoms with Gasteiger partial charge in [-0.3, -0.25) is 0 Å². The minimum absolute atomic E-state index is 0.300. The highest BCUT2D eigenvalue weighted by Gasteiger charge is 2.37. The Balaban J connectivity index is 1.65. The standard InChI is InChI=1S/C16H26N2O3S/c1-12-5-4-8-18(10-12)22(19,20)17(3)11-14-6-7-16(21-14)15-9-13(15)2/h6-7,12-13,15H,4-5,8-11H2,1-3H3/t12-,13+,15-/m1/s1. The van der Waals surface area contributed by atoms with Crippen LogP contribution in [-0.2, 0) is 16.8 Å². The molecule has 2 heterocycles. The van der Waals surface area contributed by atoms with Crippen molar-refractivity contribution in [1.29, 1.82) is 0 Å². The van der Waals surface area contributed by atoms with Gasteiger partial charge < -0.3 is 4.42 Å². The van der Waals surface area contributed by atoms with Crippen molar-refractivity contribution >= 4 is 10.2 Å². The first-order valence-electron chi connectivity index (χ1n) is 8.18. The zero-order chi connectivity index (χ0) is 15.9. The van der Waals surface area contributed by atoms with Crippen molar-refractivity contribution in [3.63, 3.8) is 0 Å². The highest BCUT2D eigenvalue weighted by molar-refractivity contribution is 7.86. The Hall–Kier alpha value is -0.850. The first-order chi connectivity index (χ1) is 10.4. The zero-order valence-electron chi connectivity index (χ0n) is 13.7. The van der Waals surface area contributed by atoms with Gasteiger partial charge in [0.1, 0.15) is 11.5 Å². The number of nitrogens with zero attached hydrogens (tertiary/aromatic N) is 2. The molecule has 0 unspecified atom stereocenters. The molecule has 0 amide bonds. The maximum Gasteiger partial charge on any atom is 0.282 e. The van der Waals surface area contributed by atoms with Crippen LogP contribution in [0.3, 0.4) is 0 Å². The lowest BCUT2D eigenvalue weighted by Crippen LogP contribution is -2.45. The van der Waals surface area contributed by atoms with Crippen molar-refractivity contribution in [3.8, 4) is 0 Å². The van der Waals surface area contributed by atoms with Crippen LogP contribution < -0.4 is 0 Å². The van der Waals surface area contributed by atoms with E-state index in [1.54, 1.807) is 11.4 Å². The summed E-state index contributed by atoms with van der Waals surface area (Å²) in [5.41, 5.74) is 0. The van der Waals surface area contributed by atoms with Gasteiger partial charge in [0.15, 0.2) is 0 Å². The van der Waals surface area contributed by atoms with E-state index in [1.165, 1.54) is 10.7 Å². The van der Waals surface area contributed by atoms with Crippen LogP contribution in [0.4, 0.5) is 0 Å². The molecule has 1 aliphatic carbocycles. The molecule has 3 rings (SSSR count). The van der Waals surface area contributed by atoms with Gasteiger partial charge in [-0.25, -0.2) is 0 Å². The van der Waals surface area contributed by atoms with E-state index in [4.69, 9.17) is 4.42 Å². The SMILES string of the molecule is C[C@@H]1CCCN(S(=O)(=O)N(C)Cc2ccc([C@@H]3C[C@@H]3C)o2)C1. The van der Waals surface area contributed by atoms with Crippen LogP contribution in [0.25, 0.3) is 0 Å². The fraction of sp³-hybridized carbons (Fsp3) is 0.750. The number of hydrogen-bond acceptors (Lipinski definition) is 3. The largest absolute Gasteiger partial charge is 0.464 e. The second kappa shape index (κ2) is 5.98. The number of furan rings is 1. The molecule has 22 heavy (non-hydrogen) atoms. The Kier molecular flexibility index (Phi) is 4.36. The van der Waals surface area contributed by atoms with Gasteiger partial charge in [0.25, 0.3) is 10.2 Å². The van der Waals surface area contributed by atoms with Gasteiger partial charge in [-0.05, 0) is 43.2 Å². The second-order valence-corrected chi connectivity index (χ2v) is 9.03. The molecule has 2 aliphatic rings. The van der Waals surface area contributed by atoms with Crippen LogP contribution in [0.5, 0.6) is 0 Å². The quantitative estimate of drug-likeness (QED) is 0.836. The van der Waals surface area contributed by atoms with Crippen LogP contribution in [0, 0.1) is 11.8 Å². The molecule has 1 saturated carbocycles. The van der Waals surface area contributed by atoms with E-state index in [0.717, 1.165) is 24.4 Å². The minimum Gasteiger partial charge on any atom is -0.464 e. The summed E-state index contributed by atoms with van der Waals surface area (Å²) < 4.78 is 34.1. The average Bonchev–Trinajstić information content (AvgIpc) is 3.02. The maximum absolute atomic E-state index is 12.7. The lowest BCUT2D eigenvalue weighted by Gasteiger charge is -2.32. The first kappa shape index (κ1) is 16.0. The van der Waals surface area contributed by atoms with E-state index in [9.17, 15) is 8.42 Å². The van der Waals surface area contributed by atoms with Gasteiger partial charge in [0, 0.05) is 26.1 Å². The first-order valence-corrected chi connectivity index (χ1v) is 9.57. The number of piperidine rings is 1. The Morgan fingerprint density at radius 3 is 2.73 bits per heavy atom. The van der Waals surface area contributed by atoms with Gasteiger partial charge >= 0.3 is 0 Å². The molecule has 0 N–H and O–H groups in total. The van der Waals surface area contributed by atoms with Gasteiger partial charge in [0.05, 0.1) is 6.54 Å². The molecule has 1 aromatic rings. The molecule has 3 atom stereocenters. The lowest BCUT2D eigenvalue weighted by molar-refractivity contribution is 0.259. The molecule has 124 valence electrons. The Morgan fingerprint density at radius 1 is 1.36 bits per heavy atom. The van der Waals surface area contributed by atoms with E-state index in [-0.39, 0.29) is 0 Å². The molecule has 6 heteroatoms. The minimum atomic E-state index is -3.39. The summed E-state index contributed by atoms with van der Waals surface area (Å²) in [4.78, 5) is 0. The topological polar surface area (TPSA) is 53.8 Å². The highest BCUT2D eigenvalue weighted by Crippen LogP contribution is 2.47. The van der Waals surface area contributed by atoms with Gasteiger partial charge in [0.2, 0.25) is 0 Å². The monoisotopic (exact) mass is 326 g/mol. The van der Waals surface area contributed by atoms with Crippen LogP contribution in [0.1, 0.15) is 50.5 Å². The van der Waals surface area contributed by atoms with Crippen molar-refractivity contribution < 1.29 is 12.8 Å². The number of hydrogen-bond donors (Lipinski definition) is 0. The van der Waals surface area contributed by atoms with Crippen molar-refractivity contribution in [3.05, 3.63) is 23.7 Å². The Labute approximate surface area is 133 Å². The zero-order valence-corrected chi connectivity index (χ0v) is 14.5. The highest BCUT2D eigenvalue weighted by atomic mass is 32.2. The normalized spacial score (nSPS) is 29.9. The molecule has 1 aliphatic heterocycles. The van der Waals surface area contributed by atoms with Crippen LogP contribution >= 0.6 is 0 Å². The third-order valence-electron chi connectivity index (χ3n) is 4.88. The molecule has 5 nitrogen and oxygen atoms in total. The molecule has 0 aromatic carbocycles. The van der Waals surface area contributed by atoms with Crippen molar-refractivity contribution in [2.75, 3.05) is 20.1 Å². The van der Waals surface area contributed by atoms with Crippen LogP contribution in [0.15, 0.2) is 16.5 Å². The van der Waals surface area contributed by atoms with E-state index >= 15 is 0 Å². The molecular weight excluding hydrogens is 300 g/mol. The molecule has 0 bridgehead atoms. The van der Waals surface area contributed by atoms with Crippen LogP contribution in [0.2, 0.25) is 0 Å². The lowest BCUT2D eigenvalue weighted by atomic mass is 10.0. The van der Waals surface area contributed by atoms with Gasteiger partial charge in [-0.1, -0.05) is 13.8 Å². The van der Waals surface area contributed by atoms with Crippen molar-refractivity contribution in [2.24, 2.45) is 11.8 Å². The van der Waals surface area contributed by atoms with E-state index in [1.807, 2.05) is 12.1 Å². The summed E-state index contributed by atoms with van der Waals surface area (Å²) in [6.45, 7) is 5.86. The van der Waals surface area contributed by atoms with E-state index in [0.29, 0.717) is 37.4 Å².